The second kappa shape index (κ2) is 10.1. The van der Waals surface area contributed by atoms with E-state index in [-0.39, 0.29) is 11.2 Å². The molecule has 29 heavy (non-hydrogen) atoms. The zero-order valence-corrected chi connectivity index (χ0v) is 18.0. The van der Waals surface area contributed by atoms with E-state index in [1.165, 1.54) is 23.1 Å². The first-order chi connectivity index (χ1) is 14.1. The smallest absolute Gasteiger partial charge is 0.237 e. The highest BCUT2D eigenvalue weighted by molar-refractivity contribution is 8.02. The molecule has 0 aliphatic rings. The molecular formula is C20H22N4O3S2. The van der Waals surface area contributed by atoms with Crippen molar-refractivity contribution in [2.24, 2.45) is 0 Å². The molecule has 0 saturated carbocycles. The van der Waals surface area contributed by atoms with E-state index in [0.717, 1.165) is 22.9 Å². The zero-order valence-electron chi connectivity index (χ0n) is 16.3. The summed E-state index contributed by atoms with van der Waals surface area (Å²) in [5.41, 5.74) is 1.53. The van der Waals surface area contributed by atoms with Gasteiger partial charge in [0.2, 0.25) is 11.0 Å². The molecule has 0 bridgehead atoms. The van der Waals surface area contributed by atoms with Crippen LogP contribution in [-0.4, -0.2) is 35.1 Å². The van der Waals surface area contributed by atoms with Crippen molar-refractivity contribution in [3.63, 3.8) is 0 Å². The minimum Gasteiger partial charge on any atom is -0.495 e. The van der Waals surface area contributed by atoms with Crippen LogP contribution < -0.4 is 20.1 Å². The molecule has 1 heterocycles. The second-order valence-corrected chi connectivity index (χ2v) is 8.47. The number of amides is 1. The van der Waals surface area contributed by atoms with Crippen LogP contribution in [0.5, 0.6) is 11.5 Å². The minimum absolute atomic E-state index is 0.103. The molecule has 0 aliphatic carbocycles. The van der Waals surface area contributed by atoms with E-state index in [4.69, 9.17) is 9.47 Å². The third-order valence-corrected chi connectivity index (χ3v) is 5.86. The lowest BCUT2D eigenvalue weighted by molar-refractivity contribution is -0.115. The van der Waals surface area contributed by atoms with Crippen LogP contribution in [0.1, 0.15) is 13.8 Å². The SMILES string of the molecule is CCOc1ccc(NC(=O)C(C)Sc2nnc(Nc3ccccc3OC)s2)cc1. The topological polar surface area (TPSA) is 85.4 Å². The number of nitrogens with one attached hydrogen (secondary N) is 2. The van der Waals surface area contributed by atoms with Crippen LogP contribution in [0.4, 0.5) is 16.5 Å². The highest BCUT2D eigenvalue weighted by Gasteiger charge is 2.18. The number of benzene rings is 2. The van der Waals surface area contributed by atoms with Gasteiger partial charge in [-0.3, -0.25) is 4.79 Å². The third kappa shape index (κ3) is 5.85. The van der Waals surface area contributed by atoms with Crippen molar-refractivity contribution < 1.29 is 14.3 Å². The number of anilines is 3. The van der Waals surface area contributed by atoms with E-state index in [2.05, 4.69) is 20.8 Å². The van der Waals surface area contributed by atoms with E-state index < -0.39 is 0 Å². The van der Waals surface area contributed by atoms with Crippen molar-refractivity contribution in [3.8, 4) is 11.5 Å². The highest BCUT2D eigenvalue weighted by Crippen LogP contribution is 2.33. The summed E-state index contributed by atoms with van der Waals surface area (Å²) in [6, 6.07) is 14.9. The Labute approximate surface area is 177 Å². The maximum Gasteiger partial charge on any atom is 0.237 e. The van der Waals surface area contributed by atoms with Gasteiger partial charge in [-0.25, -0.2) is 0 Å². The molecule has 7 nitrogen and oxygen atoms in total. The molecule has 0 saturated heterocycles. The molecule has 0 fully saturated rings. The highest BCUT2D eigenvalue weighted by atomic mass is 32.2. The molecular weight excluding hydrogens is 408 g/mol. The average molecular weight is 431 g/mol. The second-order valence-electron chi connectivity index (χ2n) is 5.91. The number of carbonyl (C=O) groups is 1. The summed E-state index contributed by atoms with van der Waals surface area (Å²) >= 11 is 2.74. The monoisotopic (exact) mass is 430 g/mol. The summed E-state index contributed by atoms with van der Waals surface area (Å²) in [4.78, 5) is 12.5. The number of hydrogen-bond donors (Lipinski definition) is 2. The Morgan fingerprint density at radius 1 is 1.17 bits per heavy atom. The number of para-hydroxylation sites is 2. The van der Waals surface area contributed by atoms with E-state index in [1.54, 1.807) is 7.11 Å². The maximum absolute atomic E-state index is 12.5. The Morgan fingerprint density at radius 2 is 1.93 bits per heavy atom. The third-order valence-electron chi connectivity index (χ3n) is 3.83. The fraction of sp³-hybridized carbons (Fsp3) is 0.250. The van der Waals surface area contributed by atoms with Gasteiger partial charge in [0.05, 0.1) is 24.7 Å². The van der Waals surface area contributed by atoms with Gasteiger partial charge in [-0.15, -0.1) is 10.2 Å². The lowest BCUT2D eigenvalue weighted by Gasteiger charge is -2.11. The zero-order chi connectivity index (χ0) is 20.6. The molecule has 2 N–H and O–H groups in total. The van der Waals surface area contributed by atoms with Crippen molar-refractivity contribution in [2.75, 3.05) is 24.4 Å². The summed E-state index contributed by atoms with van der Waals surface area (Å²) in [5.74, 6) is 1.39. The van der Waals surface area contributed by atoms with Gasteiger partial charge in [0.15, 0.2) is 4.34 Å². The van der Waals surface area contributed by atoms with Crippen LogP contribution >= 0.6 is 23.1 Å². The largest absolute Gasteiger partial charge is 0.495 e. The van der Waals surface area contributed by atoms with Crippen molar-refractivity contribution in [3.05, 3.63) is 48.5 Å². The van der Waals surface area contributed by atoms with Gasteiger partial charge in [-0.1, -0.05) is 35.2 Å². The number of carbonyl (C=O) groups excluding carboxylic acids is 1. The summed E-state index contributed by atoms with van der Waals surface area (Å²) in [6.07, 6.45) is 0. The molecule has 3 aromatic rings. The summed E-state index contributed by atoms with van der Waals surface area (Å²) in [6.45, 7) is 4.37. The lowest BCUT2D eigenvalue weighted by Crippen LogP contribution is -2.22. The first-order valence-electron chi connectivity index (χ1n) is 9.03. The van der Waals surface area contributed by atoms with Gasteiger partial charge in [0, 0.05) is 5.69 Å². The van der Waals surface area contributed by atoms with Gasteiger partial charge < -0.3 is 20.1 Å². The molecule has 0 radical (unpaired) electrons. The number of thioether (sulfide) groups is 1. The normalized spacial score (nSPS) is 11.6. The van der Waals surface area contributed by atoms with E-state index >= 15 is 0 Å². The summed E-state index contributed by atoms with van der Waals surface area (Å²) in [7, 11) is 1.62. The van der Waals surface area contributed by atoms with E-state index in [9.17, 15) is 4.79 Å². The van der Waals surface area contributed by atoms with Gasteiger partial charge >= 0.3 is 0 Å². The molecule has 152 valence electrons. The Kier molecular flexibility index (Phi) is 7.31. The predicted molar refractivity (Wildman–Crippen MR) is 118 cm³/mol. The molecule has 3 rings (SSSR count). The number of aromatic nitrogens is 2. The number of hydrogen-bond acceptors (Lipinski definition) is 8. The van der Waals surface area contributed by atoms with Crippen LogP contribution in [0, 0.1) is 0 Å². The van der Waals surface area contributed by atoms with Crippen molar-refractivity contribution >= 4 is 45.5 Å². The molecule has 2 aromatic carbocycles. The van der Waals surface area contributed by atoms with Crippen LogP contribution in [0.15, 0.2) is 52.9 Å². The van der Waals surface area contributed by atoms with Crippen LogP contribution in [0.3, 0.4) is 0 Å². The standard InChI is InChI=1S/C20H22N4O3S2/c1-4-27-15-11-9-14(10-12-15)21-18(25)13(2)28-20-24-23-19(29-20)22-16-7-5-6-8-17(16)26-3/h5-13H,4H2,1-3H3,(H,21,25)(H,22,23). The Bertz CT molecular complexity index is 947. The van der Waals surface area contributed by atoms with Crippen molar-refractivity contribution in [2.45, 2.75) is 23.4 Å². The Morgan fingerprint density at radius 3 is 2.66 bits per heavy atom. The lowest BCUT2D eigenvalue weighted by atomic mass is 10.3. The predicted octanol–water partition coefficient (Wildman–Crippen LogP) is 4.81. The van der Waals surface area contributed by atoms with Crippen LogP contribution in [0.2, 0.25) is 0 Å². The first kappa shape index (κ1) is 20.9. The fourth-order valence-corrected chi connectivity index (χ4v) is 4.33. The first-order valence-corrected chi connectivity index (χ1v) is 10.7. The quantitative estimate of drug-likeness (QED) is 0.471. The fourth-order valence-electron chi connectivity index (χ4n) is 2.42. The van der Waals surface area contributed by atoms with E-state index in [1.807, 2.05) is 62.4 Å². The number of ether oxygens (including phenoxy) is 2. The van der Waals surface area contributed by atoms with E-state index in [0.29, 0.717) is 16.1 Å². The number of rotatable bonds is 9. The molecule has 9 heteroatoms. The molecule has 0 spiro atoms. The Balaban J connectivity index is 1.56. The molecule has 1 unspecified atom stereocenters. The van der Waals surface area contributed by atoms with Gasteiger partial charge in [-0.2, -0.15) is 0 Å². The maximum atomic E-state index is 12.5. The number of methoxy groups -OCH3 is 1. The van der Waals surface area contributed by atoms with Crippen LogP contribution in [-0.2, 0) is 4.79 Å². The molecule has 1 aromatic heterocycles. The van der Waals surface area contributed by atoms with Gasteiger partial charge in [0.25, 0.3) is 0 Å². The summed E-state index contributed by atoms with van der Waals surface area (Å²) < 4.78 is 11.4. The molecule has 1 atom stereocenters. The minimum atomic E-state index is -0.325. The van der Waals surface area contributed by atoms with Crippen molar-refractivity contribution in [1.29, 1.82) is 0 Å². The van der Waals surface area contributed by atoms with Crippen LogP contribution in [0.25, 0.3) is 0 Å². The van der Waals surface area contributed by atoms with Gasteiger partial charge in [0.1, 0.15) is 11.5 Å². The average Bonchev–Trinajstić information content (AvgIpc) is 3.16. The molecule has 1 amide bonds. The Hall–Kier alpha value is -2.78. The van der Waals surface area contributed by atoms with Gasteiger partial charge in [-0.05, 0) is 50.2 Å². The number of nitrogens with zero attached hydrogens (tertiary/aromatic N) is 2. The van der Waals surface area contributed by atoms with Crippen molar-refractivity contribution in [1.82, 2.24) is 10.2 Å². The summed E-state index contributed by atoms with van der Waals surface area (Å²) in [5, 5.41) is 14.7. The molecule has 0 aliphatic heterocycles.